The molecule has 0 saturated carbocycles. The smallest absolute Gasteiger partial charge is 0.137 e. The maximum absolute atomic E-state index is 9.05. The summed E-state index contributed by atoms with van der Waals surface area (Å²) in [6.07, 6.45) is 0. The second-order valence-corrected chi connectivity index (χ2v) is 4.68. The summed E-state index contributed by atoms with van der Waals surface area (Å²) in [6, 6.07) is 10.2. The van der Waals surface area contributed by atoms with Gasteiger partial charge in [0.05, 0.1) is 6.07 Å². The number of ether oxygens (including phenoxy) is 1. The molecule has 3 nitrogen and oxygen atoms in total. The molecule has 0 amide bonds. The van der Waals surface area contributed by atoms with Crippen molar-refractivity contribution in [2.24, 2.45) is 0 Å². The number of likely N-dealkylation sites (N-methyl/N-ethyl adjacent to an activating group) is 1. The van der Waals surface area contributed by atoms with E-state index in [0.29, 0.717) is 12.5 Å². The molecule has 0 bridgehead atoms. The van der Waals surface area contributed by atoms with Gasteiger partial charge in [0.15, 0.2) is 0 Å². The van der Waals surface area contributed by atoms with Crippen LogP contribution in [0.4, 0.5) is 0 Å². The van der Waals surface area contributed by atoms with Crippen molar-refractivity contribution in [3.63, 3.8) is 0 Å². The van der Waals surface area contributed by atoms with Crippen molar-refractivity contribution < 1.29 is 4.74 Å². The molecule has 0 saturated heterocycles. The van der Waals surface area contributed by atoms with Crippen LogP contribution in [-0.2, 0) is 0 Å². The van der Waals surface area contributed by atoms with Crippen molar-refractivity contribution >= 4 is 0 Å². The molecule has 0 aliphatic rings. The average Bonchev–Trinajstić information content (AvgIpc) is 2.36. The van der Waals surface area contributed by atoms with E-state index < -0.39 is 5.54 Å². The Morgan fingerprint density at radius 2 is 2.06 bits per heavy atom. The van der Waals surface area contributed by atoms with Crippen LogP contribution in [0.25, 0.3) is 0 Å². The van der Waals surface area contributed by atoms with Gasteiger partial charge in [-0.25, -0.2) is 0 Å². The van der Waals surface area contributed by atoms with Crippen molar-refractivity contribution in [2.45, 2.75) is 32.2 Å². The lowest BCUT2D eigenvalue weighted by atomic mass is 10.0. The zero-order valence-electron chi connectivity index (χ0n) is 10.9. The fraction of sp³-hybridized carbons (Fsp3) is 0.500. The number of nitriles is 1. The second-order valence-electron chi connectivity index (χ2n) is 4.68. The summed E-state index contributed by atoms with van der Waals surface area (Å²) < 4.78 is 5.76. The van der Waals surface area contributed by atoms with Crippen LogP contribution in [0.15, 0.2) is 24.3 Å². The second kappa shape index (κ2) is 5.70. The highest BCUT2D eigenvalue weighted by atomic mass is 16.5. The normalized spacial score (nSPS) is 14.1. The first-order chi connectivity index (χ1) is 8.02. The van der Waals surface area contributed by atoms with Crippen molar-refractivity contribution in [3.05, 3.63) is 29.8 Å². The van der Waals surface area contributed by atoms with Gasteiger partial charge in [-0.3, -0.25) is 5.32 Å². The van der Waals surface area contributed by atoms with Crippen molar-refractivity contribution in [2.75, 3.05) is 13.7 Å². The molecule has 0 radical (unpaired) electrons. The molecule has 92 valence electrons. The zero-order chi connectivity index (χ0) is 12.9. The van der Waals surface area contributed by atoms with E-state index in [1.54, 1.807) is 7.05 Å². The standard InChI is InChI=1S/C14H20N2O/c1-11(2)12-7-5-6-8-13(12)17-10-14(3,9-15)16-4/h5-8,11,16H,10H2,1-4H3. The van der Waals surface area contributed by atoms with Gasteiger partial charge in [0.25, 0.3) is 0 Å². The average molecular weight is 232 g/mol. The summed E-state index contributed by atoms with van der Waals surface area (Å²) in [5, 5.41) is 12.0. The van der Waals surface area contributed by atoms with Crippen LogP contribution >= 0.6 is 0 Å². The molecule has 1 rings (SSSR count). The number of hydrogen-bond donors (Lipinski definition) is 1. The first kappa shape index (κ1) is 13.5. The number of rotatable bonds is 5. The van der Waals surface area contributed by atoms with Crippen LogP contribution in [0.1, 0.15) is 32.3 Å². The molecule has 0 aliphatic heterocycles. The Balaban J connectivity index is 2.80. The van der Waals surface area contributed by atoms with Crippen LogP contribution in [-0.4, -0.2) is 19.2 Å². The SMILES string of the molecule is CNC(C)(C#N)COc1ccccc1C(C)C. The molecule has 1 atom stereocenters. The van der Waals surface area contributed by atoms with E-state index in [0.717, 1.165) is 5.75 Å². The minimum Gasteiger partial charge on any atom is -0.490 e. The van der Waals surface area contributed by atoms with Gasteiger partial charge in [-0.1, -0.05) is 32.0 Å². The van der Waals surface area contributed by atoms with Gasteiger partial charge in [0.1, 0.15) is 17.9 Å². The van der Waals surface area contributed by atoms with Crippen LogP contribution in [0.3, 0.4) is 0 Å². The topological polar surface area (TPSA) is 45.0 Å². The van der Waals surface area contributed by atoms with Crippen molar-refractivity contribution in [1.82, 2.24) is 5.32 Å². The molecule has 1 aromatic rings. The Labute approximate surface area is 103 Å². The molecule has 3 heteroatoms. The predicted octanol–water partition coefficient (Wildman–Crippen LogP) is 2.69. The van der Waals surface area contributed by atoms with Gasteiger partial charge < -0.3 is 4.74 Å². The minimum atomic E-state index is -0.649. The minimum absolute atomic E-state index is 0.337. The highest BCUT2D eigenvalue weighted by Crippen LogP contribution is 2.26. The molecule has 1 N–H and O–H groups in total. The summed E-state index contributed by atoms with van der Waals surface area (Å²) >= 11 is 0. The maximum Gasteiger partial charge on any atom is 0.137 e. The summed E-state index contributed by atoms with van der Waals surface area (Å²) in [5.74, 6) is 1.27. The third-order valence-corrected chi connectivity index (χ3v) is 2.86. The third kappa shape index (κ3) is 3.47. The number of nitrogens with zero attached hydrogens (tertiary/aromatic N) is 1. The summed E-state index contributed by atoms with van der Waals surface area (Å²) in [6.45, 7) is 6.42. The predicted molar refractivity (Wildman–Crippen MR) is 69.1 cm³/mol. The largest absolute Gasteiger partial charge is 0.490 e. The number of para-hydroxylation sites is 1. The fourth-order valence-electron chi connectivity index (χ4n) is 1.47. The van der Waals surface area contributed by atoms with E-state index in [1.165, 1.54) is 5.56 Å². The summed E-state index contributed by atoms with van der Waals surface area (Å²) in [7, 11) is 1.76. The fourth-order valence-corrected chi connectivity index (χ4v) is 1.47. The quantitative estimate of drug-likeness (QED) is 0.849. The molecule has 0 spiro atoms. The maximum atomic E-state index is 9.05. The summed E-state index contributed by atoms with van der Waals surface area (Å²) in [5.41, 5.74) is 0.522. The molecule has 1 aromatic carbocycles. The zero-order valence-corrected chi connectivity index (χ0v) is 10.9. The Morgan fingerprint density at radius 3 is 2.59 bits per heavy atom. The monoisotopic (exact) mass is 232 g/mol. The van der Waals surface area contributed by atoms with E-state index in [4.69, 9.17) is 10.00 Å². The van der Waals surface area contributed by atoms with Gasteiger partial charge in [0.2, 0.25) is 0 Å². The van der Waals surface area contributed by atoms with Gasteiger partial charge >= 0.3 is 0 Å². The molecule has 0 aliphatic carbocycles. The number of benzene rings is 1. The molecule has 0 fully saturated rings. The van der Waals surface area contributed by atoms with E-state index in [1.807, 2.05) is 25.1 Å². The Bertz CT molecular complexity index is 409. The van der Waals surface area contributed by atoms with E-state index in [9.17, 15) is 0 Å². The lowest BCUT2D eigenvalue weighted by Crippen LogP contribution is -2.43. The molecule has 17 heavy (non-hydrogen) atoms. The van der Waals surface area contributed by atoms with E-state index in [-0.39, 0.29) is 0 Å². The lowest BCUT2D eigenvalue weighted by molar-refractivity contribution is 0.239. The lowest BCUT2D eigenvalue weighted by Gasteiger charge is -2.22. The Morgan fingerprint density at radius 1 is 1.41 bits per heavy atom. The van der Waals surface area contributed by atoms with Crippen LogP contribution < -0.4 is 10.1 Å². The highest BCUT2D eigenvalue weighted by molar-refractivity contribution is 5.35. The van der Waals surface area contributed by atoms with Gasteiger partial charge in [0, 0.05) is 0 Å². The Hall–Kier alpha value is -1.53. The van der Waals surface area contributed by atoms with Crippen molar-refractivity contribution in [3.8, 4) is 11.8 Å². The Kier molecular flexibility index (Phi) is 4.53. The first-order valence-electron chi connectivity index (χ1n) is 5.84. The summed E-state index contributed by atoms with van der Waals surface area (Å²) in [4.78, 5) is 0. The van der Waals surface area contributed by atoms with Gasteiger partial charge in [-0.15, -0.1) is 0 Å². The van der Waals surface area contributed by atoms with Crippen LogP contribution in [0.5, 0.6) is 5.75 Å². The van der Waals surface area contributed by atoms with Gasteiger partial charge in [-0.05, 0) is 31.5 Å². The first-order valence-corrected chi connectivity index (χ1v) is 5.84. The van der Waals surface area contributed by atoms with Crippen LogP contribution in [0.2, 0.25) is 0 Å². The number of nitrogens with one attached hydrogen (secondary N) is 1. The van der Waals surface area contributed by atoms with Crippen molar-refractivity contribution in [1.29, 1.82) is 5.26 Å². The molecular weight excluding hydrogens is 212 g/mol. The highest BCUT2D eigenvalue weighted by Gasteiger charge is 2.22. The van der Waals surface area contributed by atoms with E-state index in [2.05, 4.69) is 31.3 Å². The molecule has 0 heterocycles. The van der Waals surface area contributed by atoms with Crippen LogP contribution in [0, 0.1) is 11.3 Å². The van der Waals surface area contributed by atoms with Gasteiger partial charge in [-0.2, -0.15) is 5.26 Å². The molecular formula is C14H20N2O. The third-order valence-electron chi connectivity index (χ3n) is 2.86. The molecule has 0 aromatic heterocycles. The molecule has 1 unspecified atom stereocenters. The van der Waals surface area contributed by atoms with E-state index >= 15 is 0 Å². The number of hydrogen-bond acceptors (Lipinski definition) is 3.